The summed E-state index contributed by atoms with van der Waals surface area (Å²) >= 11 is 0. The summed E-state index contributed by atoms with van der Waals surface area (Å²) < 4.78 is 19.6. The van der Waals surface area contributed by atoms with Gasteiger partial charge in [-0.15, -0.1) is 0 Å². The lowest BCUT2D eigenvalue weighted by atomic mass is 9.73. The van der Waals surface area contributed by atoms with Crippen LogP contribution in [0.1, 0.15) is 76.2 Å². The third-order valence-corrected chi connectivity index (χ3v) is 9.58. The molecule has 3 fully saturated rings. The van der Waals surface area contributed by atoms with E-state index >= 15 is 0 Å². The molecule has 4 heteroatoms. The molecule has 34 heavy (non-hydrogen) atoms. The number of fused-ring (bicyclic) bond motifs is 1. The van der Waals surface area contributed by atoms with E-state index in [9.17, 15) is 0 Å². The molecule has 1 aromatic carbocycles. The molecule has 3 spiro atoms. The van der Waals surface area contributed by atoms with E-state index in [4.69, 9.17) is 14.2 Å². The van der Waals surface area contributed by atoms with Crippen molar-refractivity contribution in [2.75, 3.05) is 13.2 Å². The monoisotopic (exact) mass is 457 g/mol. The van der Waals surface area contributed by atoms with Crippen molar-refractivity contribution >= 4 is 10.8 Å². The smallest absolute Gasteiger partial charge is 0.171 e. The highest BCUT2D eigenvalue weighted by Gasteiger charge is 2.62. The van der Waals surface area contributed by atoms with Gasteiger partial charge in [-0.25, -0.2) is 0 Å². The number of hydrogen-bond acceptors (Lipinski definition) is 4. The van der Waals surface area contributed by atoms with E-state index in [0.717, 1.165) is 38.5 Å². The van der Waals surface area contributed by atoms with E-state index in [0.29, 0.717) is 25.0 Å². The molecule has 1 saturated carbocycles. The van der Waals surface area contributed by atoms with Crippen LogP contribution in [0.5, 0.6) is 0 Å². The summed E-state index contributed by atoms with van der Waals surface area (Å²) in [7, 11) is 0. The van der Waals surface area contributed by atoms with Gasteiger partial charge < -0.3 is 14.2 Å². The Labute approximate surface area is 202 Å². The molecule has 2 aliphatic carbocycles. The third kappa shape index (κ3) is 3.18. The van der Waals surface area contributed by atoms with E-state index in [-0.39, 0.29) is 11.2 Å². The van der Waals surface area contributed by atoms with Crippen LogP contribution in [0.15, 0.2) is 60.0 Å². The zero-order valence-electron chi connectivity index (χ0n) is 20.2. The van der Waals surface area contributed by atoms with Crippen LogP contribution in [0.25, 0.3) is 10.8 Å². The second-order valence-electron chi connectivity index (χ2n) is 11.3. The van der Waals surface area contributed by atoms with Crippen LogP contribution in [0.2, 0.25) is 0 Å². The van der Waals surface area contributed by atoms with Crippen LogP contribution in [-0.4, -0.2) is 35.2 Å². The average Bonchev–Trinajstić information content (AvgIpc) is 3.45. The van der Waals surface area contributed by atoms with Crippen LogP contribution in [-0.2, 0) is 14.2 Å². The van der Waals surface area contributed by atoms with Gasteiger partial charge in [-0.2, -0.15) is 0 Å². The van der Waals surface area contributed by atoms with Gasteiger partial charge in [0.25, 0.3) is 0 Å². The van der Waals surface area contributed by atoms with E-state index in [2.05, 4.69) is 48.3 Å². The maximum Gasteiger partial charge on any atom is 0.171 e. The minimum Gasteiger partial charge on any atom is -0.359 e. The zero-order valence-corrected chi connectivity index (χ0v) is 20.2. The second-order valence-corrected chi connectivity index (χ2v) is 11.3. The number of allylic oxidation sites excluding steroid dienone is 1. The lowest BCUT2D eigenvalue weighted by Crippen LogP contribution is -2.52. The Morgan fingerprint density at radius 3 is 2.79 bits per heavy atom. The first-order chi connectivity index (χ1) is 16.6. The number of rotatable bonds is 1. The third-order valence-electron chi connectivity index (χ3n) is 9.58. The van der Waals surface area contributed by atoms with Crippen LogP contribution in [0.4, 0.5) is 0 Å². The van der Waals surface area contributed by atoms with Crippen LogP contribution in [0.3, 0.4) is 0 Å². The summed E-state index contributed by atoms with van der Waals surface area (Å²) in [5, 5.41) is 2.52. The Morgan fingerprint density at radius 2 is 1.88 bits per heavy atom. The summed E-state index contributed by atoms with van der Waals surface area (Å²) in [4.78, 5) is 4.34. The molecule has 0 unspecified atom stereocenters. The Bertz CT molecular complexity index is 1180. The number of hydrogen-bond donors (Lipinski definition) is 0. The first-order valence-electron chi connectivity index (χ1n) is 13.3. The van der Waals surface area contributed by atoms with Gasteiger partial charge in [0.05, 0.1) is 24.4 Å². The zero-order chi connectivity index (χ0) is 22.8. The summed E-state index contributed by atoms with van der Waals surface area (Å²) in [6, 6.07) is 9.07. The van der Waals surface area contributed by atoms with Gasteiger partial charge in [-0.1, -0.05) is 31.2 Å². The van der Waals surface area contributed by atoms with Crippen molar-refractivity contribution < 1.29 is 14.2 Å². The average molecular weight is 458 g/mol. The second kappa shape index (κ2) is 7.74. The quantitative estimate of drug-likeness (QED) is 0.483. The lowest BCUT2D eigenvalue weighted by Gasteiger charge is -2.50. The number of pyridine rings is 1. The van der Waals surface area contributed by atoms with Crippen molar-refractivity contribution in [2.45, 2.75) is 87.6 Å². The highest BCUT2D eigenvalue weighted by molar-refractivity contribution is 5.82. The van der Waals surface area contributed by atoms with E-state index in [1.807, 2.05) is 12.4 Å². The fraction of sp³-hybridized carbons (Fsp3) is 0.567. The first-order valence-corrected chi connectivity index (χ1v) is 13.3. The Hall–Kier alpha value is -2.01. The Balaban J connectivity index is 1.19. The SMILES string of the molecule is C[C@H]1CC[C@H](c2ccc3ccncc3c2)CC/C=C2/C=C3CCC4(C[C@]35CC[C@@]21O5)OCCO4. The van der Waals surface area contributed by atoms with E-state index in [1.54, 1.807) is 0 Å². The summed E-state index contributed by atoms with van der Waals surface area (Å²) in [6.45, 7) is 3.86. The van der Waals surface area contributed by atoms with Crippen molar-refractivity contribution in [1.29, 1.82) is 0 Å². The van der Waals surface area contributed by atoms with E-state index < -0.39 is 5.79 Å². The van der Waals surface area contributed by atoms with Gasteiger partial charge in [0.15, 0.2) is 5.79 Å². The Morgan fingerprint density at radius 1 is 0.971 bits per heavy atom. The molecule has 178 valence electrons. The molecular weight excluding hydrogens is 422 g/mol. The number of ether oxygens (including phenoxy) is 3. The summed E-state index contributed by atoms with van der Waals surface area (Å²) in [6.07, 6.45) is 18.7. The molecule has 3 aliphatic heterocycles. The molecule has 0 amide bonds. The van der Waals surface area contributed by atoms with Gasteiger partial charge in [-0.05, 0) is 91.0 Å². The molecule has 2 bridgehead atoms. The largest absolute Gasteiger partial charge is 0.359 e. The molecule has 0 N–H and O–H groups in total. The van der Waals surface area contributed by atoms with Gasteiger partial charge in [0.1, 0.15) is 0 Å². The molecule has 7 rings (SSSR count). The van der Waals surface area contributed by atoms with E-state index in [1.165, 1.54) is 46.7 Å². The van der Waals surface area contributed by atoms with Crippen molar-refractivity contribution in [3.8, 4) is 0 Å². The fourth-order valence-corrected chi connectivity index (χ4v) is 7.66. The van der Waals surface area contributed by atoms with Crippen molar-refractivity contribution in [3.63, 3.8) is 0 Å². The van der Waals surface area contributed by atoms with Crippen molar-refractivity contribution in [1.82, 2.24) is 4.98 Å². The normalized spacial score (nSPS) is 38.3. The van der Waals surface area contributed by atoms with Crippen molar-refractivity contribution in [3.05, 3.63) is 65.5 Å². The predicted molar refractivity (Wildman–Crippen MR) is 133 cm³/mol. The number of aromatic nitrogens is 1. The molecule has 4 atom stereocenters. The molecular formula is C30H35NO3. The number of benzene rings is 1. The molecule has 2 saturated heterocycles. The fourth-order valence-electron chi connectivity index (χ4n) is 7.66. The Kier molecular flexibility index (Phi) is 4.85. The van der Waals surface area contributed by atoms with Crippen LogP contribution in [0, 0.1) is 5.92 Å². The van der Waals surface area contributed by atoms with Gasteiger partial charge in [-0.3, -0.25) is 4.98 Å². The number of nitrogens with zero attached hydrogens (tertiary/aromatic N) is 1. The molecule has 4 nitrogen and oxygen atoms in total. The van der Waals surface area contributed by atoms with Gasteiger partial charge in [0.2, 0.25) is 0 Å². The predicted octanol–water partition coefficient (Wildman–Crippen LogP) is 6.61. The van der Waals surface area contributed by atoms with Gasteiger partial charge in [0, 0.05) is 30.6 Å². The van der Waals surface area contributed by atoms with Crippen LogP contribution < -0.4 is 0 Å². The maximum absolute atomic E-state index is 7.26. The molecule has 2 aromatic rings. The minimum absolute atomic E-state index is 0.150. The lowest BCUT2D eigenvalue weighted by molar-refractivity contribution is -0.222. The van der Waals surface area contributed by atoms with Gasteiger partial charge >= 0.3 is 0 Å². The van der Waals surface area contributed by atoms with Crippen molar-refractivity contribution in [2.24, 2.45) is 5.92 Å². The standard InChI is InChI=1S/C30H35NO3/c1-21-5-6-22(24-8-7-23-10-14-31-19-25(23)17-24)3-2-4-27-18-26-9-11-29(32-15-16-33-29)20-28(26)12-13-30(21,27)34-28/h4,7-8,10,14,17-19,21-22H,2-3,5-6,9,11-13,15-16,20H2,1H3/b27-4-/t21-,22+,28+,30-/m0/s1. The minimum atomic E-state index is -0.415. The maximum atomic E-state index is 7.26. The topological polar surface area (TPSA) is 40.6 Å². The first kappa shape index (κ1) is 21.3. The van der Waals surface area contributed by atoms with Crippen LogP contribution >= 0.6 is 0 Å². The molecule has 0 radical (unpaired) electrons. The summed E-state index contributed by atoms with van der Waals surface area (Å²) in [5.41, 5.74) is 4.06. The molecule has 4 heterocycles. The highest BCUT2D eigenvalue weighted by atomic mass is 16.7. The summed E-state index contributed by atoms with van der Waals surface area (Å²) in [5.74, 6) is 0.651. The molecule has 1 aromatic heterocycles. The highest BCUT2D eigenvalue weighted by Crippen LogP contribution is 2.61. The molecule has 5 aliphatic rings.